The maximum absolute atomic E-state index is 11.9. The number of aryl methyl sites for hydroxylation is 2. The molecule has 0 aliphatic heterocycles. The fourth-order valence-electron chi connectivity index (χ4n) is 1.58. The van der Waals surface area contributed by atoms with E-state index in [0.717, 1.165) is 17.0 Å². The second kappa shape index (κ2) is 5.40. The Balaban J connectivity index is 1.98. The van der Waals surface area contributed by atoms with Crippen LogP contribution in [0.25, 0.3) is 0 Å². The molecule has 2 aromatic rings. The largest absolute Gasteiger partial charge is 0.346 e. The minimum atomic E-state index is -0.0962. The van der Waals surface area contributed by atoms with E-state index in [2.05, 4.69) is 15.5 Å². The van der Waals surface area contributed by atoms with Gasteiger partial charge in [-0.2, -0.15) is 10.2 Å². The number of carbonyl (C=O) groups excluding carboxylic acids is 1. The average Bonchev–Trinajstić information content (AvgIpc) is 2.38. The van der Waals surface area contributed by atoms with Gasteiger partial charge in [0, 0.05) is 5.56 Å². The van der Waals surface area contributed by atoms with Gasteiger partial charge in [0.25, 0.3) is 5.91 Å². The van der Waals surface area contributed by atoms with Crippen LogP contribution in [0.5, 0.6) is 0 Å². The van der Waals surface area contributed by atoms with Gasteiger partial charge in [0.05, 0.1) is 17.9 Å². The minimum absolute atomic E-state index is 0.0962. The molecule has 1 heterocycles. The van der Waals surface area contributed by atoms with E-state index in [1.165, 1.54) is 0 Å². The van der Waals surface area contributed by atoms with Gasteiger partial charge in [-0.1, -0.05) is 17.7 Å². The highest BCUT2D eigenvalue weighted by atomic mass is 16.1. The molecule has 1 amide bonds. The Bertz CT molecular complexity index is 549. The van der Waals surface area contributed by atoms with Crippen LogP contribution in [0.4, 0.5) is 0 Å². The molecule has 2 rings (SSSR count). The van der Waals surface area contributed by atoms with E-state index < -0.39 is 0 Å². The van der Waals surface area contributed by atoms with Gasteiger partial charge in [-0.05, 0) is 38.1 Å². The summed E-state index contributed by atoms with van der Waals surface area (Å²) >= 11 is 0. The van der Waals surface area contributed by atoms with Crippen molar-refractivity contribution in [2.45, 2.75) is 20.4 Å². The third-order valence-electron chi connectivity index (χ3n) is 2.56. The van der Waals surface area contributed by atoms with Crippen LogP contribution in [0.1, 0.15) is 27.3 Å². The zero-order chi connectivity index (χ0) is 13.0. The quantitative estimate of drug-likeness (QED) is 0.894. The SMILES string of the molecule is Cc1cccc(C(=O)NCc2ccc(C)nn2)c1. The van der Waals surface area contributed by atoms with Gasteiger partial charge in [-0.15, -0.1) is 0 Å². The van der Waals surface area contributed by atoms with Crippen molar-refractivity contribution in [3.8, 4) is 0 Å². The standard InChI is InChI=1S/C14H15N3O/c1-10-4-3-5-12(8-10)14(18)15-9-13-7-6-11(2)16-17-13/h3-8H,9H2,1-2H3,(H,15,18). The van der Waals surface area contributed by atoms with Crippen LogP contribution in [0.15, 0.2) is 36.4 Å². The molecular weight excluding hydrogens is 226 g/mol. The summed E-state index contributed by atoms with van der Waals surface area (Å²) in [4.78, 5) is 11.9. The average molecular weight is 241 g/mol. The predicted octanol–water partition coefficient (Wildman–Crippen LogP) is 2.02. The second-order valence-corrected chi connectivity index (χ2v) is 4.22. The summed E-state index contributed by atoms with van der Waals surface area (Å²) in [6, 6.07) is 11.2. The molecule has 18 heavy (non-hydrogen) atoms. The number of nitrogens with one attached hydrogen (secondary N) is 1. The first kappa shape index (κ1) is 12.2. The Morgan fingerprint density at radius 2 is 2.00 bits per heavy atom. The topological polar surface area (TPSA) is 54.9 Å². The molecule has 92 valence electrons. The maximum Gasteiger partial charge on any atom is 0.251 e. The Hall–Kier alpha value is -2.23. The molecule has 1 aromatic carbocycles. The Kier molecular flexibility index (Phi) is 3.67. The molecule has 0 aliphatic rings. The molecule has 4 nitrogen and oxygen atoms in total. The number of carbonyl (C=O) groups is 1. The molecule has 4 heteroatoms. The molecule has 0 fully saturated rings. The first-order chi connectivity index (χ1) is 8.65. The molecule has 0 aliphatic carbocycles. The van der Waals surface area contributed by atoms with Crippen molar-refractivity contribution in [3.05, 3.63) is 58.9 Å². The number of amides is 1. The predicted molar refractivity (Wildman–Crippen MR) is 69.1 cm³/mol. The molecule has 0 radical (unpaired) electrons. The summed E-state index contributed by atoms with van der Waals surface area (Å²) < 4.78 is 0. The van der Waals surface area contributed by atoms with Gasteiger partial charge in [0.15, 0.2) is 0 Å². The van der Waals surface area contributed by atoms with Crippen LogP contribution in [-0.4, -0.2) is 16.1 Å². The van der Waals surface area contributed by atoms with Gasteiger partial charge >= 0.3 is 0 Å². The van der Waals surface area contributed by atoms with Gasteiger partial charge in [0.1, 0.15) is 0 Å². The van der Waals surface area contributed by atoms with Crippen molar-refractivity contribution in [3.63, 3.8) is 0 Å². The van der Waals surface area contributed by atoms with Crippen molar-refractivity contribution < 1.29 is 4.79 Å². The van der Waals surface area contributed by atoms with Crippen LogP contribution < -0.4 is 5.32 Å². The summed E-state index contributed by atoms with van der Waals surface area (Å²) in [5, 5.41) is 10.8. The van der Waals surface area contributed by atoms with Crippen LogP contribution in [0.2, 0.25) is 0 Å². The number of nitrogens with zero attached hydrogens (tertiary/aromatic N) is 2. The van der Waals surface area contributed by atoms with E-state index in [0.29, 0.717) is 12.1 Å². The smallest absolute Gasteiger partial charge is 0.251 e. The van der Waals surface area contributed by atoms with E-state index in [1.807, 2.05) is 44.2 Å². The van der Waals surface area contributed by atoms with Crippen LogP contribution in [0.3, 0.4) is 0 Å². The third-order valence-corrected chi connectivity index (χ3v) is 2.56. The van der Waals surface area contributed by atoms with E-state index in [9.17, 15) is 4.79 Å². The minimum Gasteiger partial charge on any atom is -0.346 e. The normalized spacial score (nSPS) is 10.1. The van der Waals surface area contributed by atoms with E-state index >= 15 is 0 Å². The van der Waals surface area contributed by atoms with Gasteiger partial charge < -0.3 is 5.32 Å². The molecule has 0 bridgehead atoms. The fraction of sp³-hybridized carbons (Fsp3) is 0.214. The van der Waals surface area contributed by atoms with Crippen LogP contribution in [0, 0.1) is 13.8 Å². The number of hydrogen-bond donors (Lipinski definition) is 1. The highest BCUT2D eigenvalue weighted by molar-refractivity contribution is 5.94. The molecule has 0 unspecified atom stereocenters. The lowest BCUT2D eigenvalue weighted by Gasteiger charge is -2.05. The first-order valence-electron chi connectivity index (χ1n) is 5.79. The monoisotopic (exact) mass is 241 g/mol. The van der Waals surface area contributed by atoms with Crippen molar-refractivity contribution in [1.29, 1.82) is 0 Å². The lowest BCUT2D eigenvalue weighted by atomic mass is 10.1. The molecule has 1 aromatic heterocycles. The number of benzene rings is 1. The highest BCUT2D eigenvalue weighted by Gasteiger charge is 2.05. The number of rotatable bonds is 3. The third kappa shape index (κ3) is 3.13. The zero-order valence-corrected chi connectivity index (χ0v) is 10.5. The van der Waals surface area contributed by atoms with Crippen LogP contribution in [-0.2, 0) is 6.54 Å². The summed E-state index contributed by atoms with van der Waals surface area (Å²) in [5.41, 5.74) is 3.35. The first-order valence-corrected chi connectivity index (χ1v) is 5.79. The Morgan fingerprint density at radius 3 is 2.67 bits per heavy atom. The molecule has 0 atom stereocenters. The zero-order valence-electron chi connectivity index (χ0n) is 10.5. The van der Waals surface area contributed by atoms with Crippen LogP contribution >= 0.6 is 0 Å². The summed E-state index contributed by atoms with van der Waals surface area (Å²) in [6.45, 7) is 4.23. The van der Waals surface area contributed by atoms with Gasteiger partial charge in [-0.25, -0.2) is 0 Å². The summed E-state index contributed by atoms with van der Waals surface area (Å²) in [5.74, 6) is -0.0962. The van der Waals surface area contributed by atoms with Crippen molar-refractivity contribution in [2.75, 3.05) is 0 Å². The number of hydrogen-bond acceptors (Lipinski definition) is 3. The molecule has 0 spiro atoms. The summed E-state index contributed by atoms with van der Waals surface area (Å²) in [6.07, 6.45) is 0. The lowest BCUT2D eigenvalue weighted by molar-refractivity contribution is 0.0950. The van der Waals surface area contributed by atoms with Crippen molar-refractivity contribution >= 4 is 5.91 Å². The Morgan fingerprint density at radius 1 is 1.17 bits per heavy atom. The molecule has 0 saturated carbocycles. The Labute approximate surface area is 106 Å². The van der Waals surface area contributed by atoms with E-state index in [-0.39, 0.29) is 5.91 Å². The van der Waals surface area contributed by atoms with E-state index in [4.69, 9.17) is 0 Å². The second-order valence-electron chi connectivity index (χ2n) is 4.22. The molecule has 0 saturated heterocycles. The molecule has 1 N–H and O–H groups in total. The van der Waals surface area contributed by atoms with Gasteiger partial charge in [-0.3, -0.25) is 4.79 Å². The summed E-state index contributed by atoms with van der Waals surface area (Å²) in [7, 11) is 0. The highest BCUT2D eigenvalue weighted by Crippen LogP contribution is 2.04. The number of aromatic nitrogens is 2. The lowest BCUT2D eigenvalue weighted by Crippen LogP contribution is -2.23. The van der Waals surface area contributed by atoms with Gasteiger partial charge in [0.2, 0.25) is 0 Å². The van der Waals surface area contributed by atoms with Crippen molar-refractivity contribution in [1.82, 2.24) is 15.5 Å². The van der Waals surface area contributed by atoms with Crippen molar-refractivity contribution in [2.24, 2.45) is 0 Å². The molecular formula is C14H15N3O. The maximum atomic E-state index is 11.9. The van der Waals surface area contributed by atoms with E-state index in [1.54, 1.807) is 6.07 Å². The fourth-order valence-corrected chi connectivity index (χ4v) is 1.58.